The lowest BCUT2D eigenvalue weighted by Crippen LogP contribution is -2.60. The van der Waals surface area contributed by atoms with Gasteiger partial charge in [0.1, 0.15) is 11.4 Å². The number of benzene rings is 1. The molecule has 1 aliphatic rings. The summed E-state index contributed by atoms with van der Waals surface area (Å²) in [6.45, 7) is 6.24. The molecule has 1 aliphatic heterocycles. The van der Waals surface area contributed by atoms with E-state index in [0.717, 1.165) is 12.1 Å². The molecule has 0 aliphatic carbocycles. The fourth-order valence-corrected chi connectivity index (χ4v) is 2.20. The van der Waals surface area contributed by atoms with Crippen molar-refractivity contribution in [2.24, 2.45) is 0 Å². The molecule has 1 heterocycles. The smallest absolute Gasteiger partial charge is 0.416 e. The number of carbonyl (C=O) groups is 1. The zero-order valence-electron chi connectivity index (χ0n) is 13.7. The van der Waals surface area contributed by atoms with Crippen LogP contribution in [-0.2, 0) is 17.5 Å². The molecule has 1 aromatic rings. The van der Waals surface area contributed by atoms with Gasteiger partial charge >= 0.3 is 12.3 Å². The molecule has 8 heteroatoms. The second-order valence-electron chi connectivity index (χ2n) is 6.77. The third-order valence-electron chi connectivity index (χ3n) is 3.49. The maximum absolute atomic E-state index is 13.7. The van der Waals surface area contributed by atoms with Crippen LogP contribution in [0.2, 0.25) is 0 Å². The summed E-state index contributed by atoms with van der Waals surface area (Å²) in [6, 6.07) is 2.42. The molecular weight excluding hydrogens is 328 g/mol. The maximum Gasteiger partial charge on any atom is 0.416 e. The summed E-state index contributed by atoms with van der Waals surface area (Å²) in [5.74, 6) is -0.902. The highest BCUT2D eigenvalue weighted by Crippen LogP contribution is 2.30. The van der Waals surface area contributed by atoms with Gasteiger partial charge < -0.3 is 15.0 Å². The summed E-state index contributed by atoms with van der Waals surface area (Å²) >= 11 is 0. The van der Waals surface area contributed by atoms with E-state index in [1.54, 1.807) is 20.8 Å². The van der Waals surface area contributed by atoms with Gasteiger partial charge in [0.15, 0.2) is 0 Å². The van der Waals surface area contributed by atoms with Crippen molar-refractivity contribution in [2.45, 2.75) is 45.1 Å². The van der Waals surface area contributed by atoms with Crippen LogP contribution in [-0.4, -0.2) is 35.7 Å². The first-order valence-corrected chi connectivity index (χ1v) is 7.52. The molecular formula is C16H20F4N2O2. The molecule has 1 aromatic carbocycles. The van der Waals surface area contributed by atoms with Crippen LogP contribution < -0.4 is 5.32 Å². The lowest BCUT2D eigenvalue weighted by molar-refractivity contribution is -0.137. The highest BCUT2D eigenvalue weighted by molar-refractivity contribution is 5.69. The van der Waals surface area contributed by atoms with E-state index in [1.165, 1.54) is 4.90 Å². The molecule has 4 nitrogen and oxygen atoms in total. The number of hydrogen-bond donors (Lipinski definition) is 1. The first-order chi connectivity index (χ1) is 11.0. The number of likely N-dealkylation sites (tertiary alicyclic amines) is 1. The summed E-state index contributed by atoms with van der Waals surface area (Å²) in [5.41, 5.74) is -1.43. The zero-order valence-corrected chi connectivity index (χ0v) is 13.7. The van der Waals surface area contributed by atoms with E-state index in [4.69, 9.17) is 4.74 Å². The number of hydrogen-bond acceptors (Lipinski definition) is 3. The Hall–Kier alpha value is -1.83. The Bertz CT molecular complexity index is 605. The summed E-state index contributed by atoms with van der Waals surface area (Å²) in [4.78, 5) is 13.3. The molecule has 134 valence electrons. The monoisotopic (exact) mass is 348 g/mol. The van der Waals surface area contributed by atoms with Crippen LogP contribution in [0.1, 0.15) is 31.9 Å². The Morgan fingerprint density at radius 2 is 1.92 bits per heavy atom. The lowest BCUT2D eigenvalue weighted by atomic mass is 10.1. The summed E-state index contributed by atoms with van der Waals surface area (Å²) in [6.07, 6.45) is -4.98. The van der Waals surface area contributed by atoms with E-state index < -0.39 is 29.3 Å². The molecule has 0 spiro atoms. The molecule has 24 heavy (non-hydrogen) atoms. The van der Waals surface area contributed by atoms with Gasteiger partial charge in [-0.05, 0) is 32.9 Å². The molecule has 2 rings (SSSR count). The van der Waals surface area contributed by atoms with Crippen LogP contribution in [0.3, 0.4) is 0 Å². The SMILES string of the molecule is CC(C)(C)OC(=O)N1CC(NCc2ccc(C(F)(F)F)cc2F)C1. The Balaban J connectivity index is 1.81. The molecule has 0 aromatic heterocycles. The molecule has 0 radical (unpaired) electrons. The molecule has 0 atom stereocenters. The highest BCUT2D eigenvalue weighted by Gasteiger charge is 2.34. The molecule has 0 bridgehead atoms. The molecule has 1 fully saturated rings. The second kappa shape index (κ2) is 6.58. The minimum Gasteiger partial charge on any atom is -0.444 e. The summed E-state index contributed by atoms with van der Waals surface area (Å²) < 4.78 is 56.4. The van der Waals surface area contributed by atoms with Gasteiger partial charge in [-0.1, -0.05) is 6.07 Å². The predicted octanol–water partition coefficient (Wildman–Crippen LogP) is 3.55. The Morgan fingerprint density at radius 1 is 1.29 bits per heavy atom. The number of nitrogens with one attached hydrogen (secondary N) is 1. The van der Waals surface area contributed by atoms with Crippen LogP contribution >= 0.6 is 0 Å². The summed E-state index contributed by atoms with van der Waals surface area (Å²) in [5, 5.41) is 3.01. The van der Waals surface area contributed by atoms with Gasteiger partial charge in [0, 0.05) is 31.2 Å². The average Bonchev–Trinajstić information content (AvgIpc) is 2.35. The largest absolute Gasteiger partial charge is 0.444 e. The fourth-order valence-electron chi connectivity index (χ4n) is 2.20. The minimum atomic E-state index is -4.56. The number of nitrogens with zero attached hydrogens (tertiary/aromatic N) is 1. The van der Waals surface area contributed by atoms with Crippen molar-refractivity contribution < 1.29 is 27.1 Å². The van der Waals surface area contributed by atoms with Crippen molar-refractivity contribution in [3.8, 4) is 0 Å². The van der Waals surface area contributed by atoms with Gasteiger partial charge in [-0.3, -0.25) is 0 Å². The molecule has 0 saturated carbocycles. The van der Waals surface area contributed by atoms with Crippen molar-refractivity contribution in [3.63, 3.8) is 0 Å². The predicted molar refractivity (Wildman–Crippen MR) is 79.8 cm³/mol. The van der Waals surface area contributed by atoms with Crippen LogP contribution in [0, 0.1) is 5.82 Å². The Labute approximate surface area is 137 Å². The van der Waals surface area contributed by atoms with Crippen LogP contribution in [0.25, 0.3) is 0 Å². The van der Waals surface area contributed by atoms with E-state index in [9.17, 15) is 22.4 Å². The van der Waals surface area contributed by atoms with E-state index in [2.05, 4.69) is 5.32 Å². The van der Waals surface area contributed by atoms with Gasteiger partial charge in [-0.2, -0.15) is 13.2 Å². The van der Waals surface area contributed by atoms with E-state index in [-0.39, 0.29) is 18.2 Å². The fraction of sp³-hybridized carbons (Fsp3) is 0.562. The van der Waals surface area contributed by atoms with Crippen LogP contribution in [0.4, 0.5) is 22.4 Å². The van der Waals surface area contributed by atoms with E-state index >= 15 is 0 Å². The average molecular weight is 348 g/mol. The first kappa shape index (κ1) is 18.5. The van der Waals surface area contributed by atoms with E-state index in [1.807, 2.05) is 0 Å². The normalized spacial score (nSPS) is 16.0. The van der Waals surface area contributed by atoms with E-state index in [0.29, 0.717) is 19.2 Å². The molecule has 0 unspecified atom stereocenters. The second-order valence-corrected chi connectivity index (χ2v) is 6.77. The maximum atomic E-state index is 13.7. The van der Waals surface area contributed by atoms with Crippen LogP contribution in [0.15, 0.2) is 18.2 Å². The Morgan fingerprint density at radius 3 is 2.42 bits per heavy atom. The van der Waals surface area contributed by atoms with Crippen molar-refractivity contribution in [1.82, 2.24) is 10.2 Å². The quantitative estimate of drug-likeness (QED) is 0.850. The Kier molecular flexibility index (Phi) is 5.08. The van der Waals surface area contributed by atoms with Crippen LogP contribution in [0.5, 0.6) is 0 Å². The number of halogens is 4. The molecule has 1 saturated heterocycles. The van der Waals surface area contributed by atoms with Crippen molar-refractivity contribution in [2.75, 3.05) is 13.1 Å². The third kappa shape index (κ3) is 4.83. The standard InChI is InChI=1S/C16H20F4N2O2/c1-15(2,3)24-14(23)22-8-12(9-22)21-7-10-4-5-11(6-13(10)17)16(18,19)20/h4-6,12,21H,7-9H2,1-3H3. The van der Waals surface area contributed by atoms with Gasteiger partial charge in [-0.25, -0.2) is 9.18 Å². The van der Waals surface area contributed by atoms with Crippen molar-refractivity contribution in [3.05, 3.63) is 35.1 Å². The van der Waals surface area contributed by atoms with Gasteiger partial charge in [0.05, 0.1) is 5.56 Å². The van der Waals surface area contributed by atoms with Crippen molar-refractivity contribution >= 4 is 6.09 Å². The molecule has 1 N–H and O–H groups in total. The van der Waals surface area contributed by atoms with Gasteiger partial charge in [0.25, 0.3) is 0 Å². The van der Waals surface area contributed by atoms with Gasteiger partial charge in [0.2, 0.25) is 0 Å². The third-order valence-corrected chi connectivity index (χ3v) is 3.49. The zero-order chi connectivity index (χ0) is 18.1. The molecule has 1 amide bonds. The number of rotatable bonds is 3. The minimum absolute atomic E-state index is 0.0424. The number of alkyl halides is 3. The highest BCUT2D eigenvalue weighted by atomic mass is 19.4. The van der Waals surface area contributed by atoms with Crippen molar-refractivity contribution in [1.29, 1.82) is 0 Å². The number of amides is 1. The first-order valence-electron chi connectivity index (χ1n) is 7.52. The lowest BCUT2D eigenvalue weighted by Gasteiger charge is -2.40. The number of ether oxygens (including phenoxy) is 1. The topological polar surface area (TPSA) is 41.6 Å². The number of carbonyl (C=O) groups excluding carboxylic acids is 1. The summed E-state index contributed by atoms with van der Waals surface area (Å²) in [7, 11) is 0. The van der Waals surface area contributed by atoms with Gasteiger partial charge in [-0.15, -0.1) is 0 Å².